The van der Waals surface area contributed by atoms with Crippen LogP contribution in [0.1, 0.15) is 55.5 Å². The first-order chi connectivity index (χ1) is 16.0. The molecular weight excluding hydrogens is 418 g/mol. The number of benzene rings is 2. The lowest BCUT2D eigenvalue weighted by Gasteiger charge is -2.28. The zero-order valence-corrected chi connectivity index (χ0v) is 19.2. The van der Waals surface area contributed by atoms with Crippen molar-refractivity contribution in [2.75, 3.05) is 6.61 Å². The molecule has 0 bridgehead atoms. The SMILES string of the molecule is CC(C)N(Cc1ccccc1OCCCCCC(=O)O)C(=O)c1cccc(-c2ccco2)c1. The second-order valence-corrected chi connectivity index (χ2v) is 8.25. The van der Waals surface area contributed by atoms with Crippen molar-refractivity contribution in [2.24, 2.45) is 0 Å². The molecule has 1 amide bonds. The van der Waals surface area contributed by atoms with E-state index in [1.54, 1.807) is 6.26 Å². The lowest BCUT2D eigenvalue weighted by Crippen LogP contribution is -2.36. The molecule has 3 rings (SSSR count). The monoisotopic (exact) mass is 449 g/mol. The van der Waals surface area contributed by atoms with E-state index in [0.717, 1.165) is 35.5 Å². The summed E-state index contributed by atoms with van der Waals surface area (Å²) in [6, 6.07) is 18.9. The summed E-state index contributed by atoms with van der Waals surface area (Å²) in [5.74, 6) is 0.651. The van der Waals surface area contributed by atoms with Crippen LogP contribution in [0.15, 0.2) is 71.3 Å². The van der Waals surface area contributed by atoms with E-state index in [-0.39, 0.29) is 18.4 Å². The number of ether oxygens (including phenoxy) is 1. The Morgan fingerprint density at radius 2 is 1.82 bits per heavy atom. The van der Waals surface area contributed by atoms with E-state index in [0.29, 0.717) is 25.1 Å². The maximum Gasteiger partial charge on any atom is 0.303 e. The van der Waals surface area contributed by atoms with Crippen molar-refractivity contribution in [1.82, 2.24) is 4.90 Å². The largest absolute Gasteiger partial charge is 0.493 e. The van der Waals surface area contributed by atoms with Crippen LogP contribution >= 0.6 is 0 Å². The van der Waals surface area contributed by atoms with E-state index in [1.807, 2.05) is 79.4 Å². The van der Waals surface area contributed by atoms with Crippen LogP contribution in [0.3, 0.4) is 0 Å². The van der Waals surface area contributed by atoms with Gasteiger partial charge in [0.1, 0.15) is 11.5 Å². The fraction of sp³-hybridized carbons (Fsp3) is 0.333. The molecule has 6 heteroatoms. The normalized spacial score (nSPS) is 10.9. The molecule has 0 saturated heterocycles. The van der Waals surface area contributed by atoms with Crippen LogP contribution in [0, 0.1) is 0 Å². The van der Waals surface area contributed by atoms with Crippen LogP contribution in [-0.2, 0) is 11.3 Å². The molecule has 33 heavy (non-hydrogen) atoms. The Balaban J connectivity index is 1.68. The maximum absolute atomic E-state index is 13.4. The van der Waals surface area contributed by atoms with Gasteiger partial charge in [-0.2, -0.15) is 0 Å². The molecule has 0 fully saturated rings. The number of hydrogen-bond acceptors (Lipinski definition) is 4. The van der Waals surface area contributed by atoms with E-state index >= 15 is 0 Å². The third kappa shape index (κ3) is 6.97. The van der Waals surface area contributed by atoms with Crippen molar-refractivity contribution in [1.29, 1.82) is 0 Å². The van der Waals surface area contributed by atoms with Crippen molar-refractivity contribution in [3.05, 3.63) is 78.1 Å². The number of para-hydroxylation sites is 1. The summed E-state index contributed by atoms with van der Waals surface area (Å²) in [6.07, 6.45) is 4.04. The molecule has 3 aromatic rings. The molecule has 0 atom stereocenters. The molecular formula is C27H31NO5. The summed E-state index contributed by atoms with van der Waals surface area (Å²) in [5, 5.41) is 8.74. The minimum Gasteiger partial charge on any atom is -0.493 e. The van der Waals surface area contributed by atoms with Gasteiger partial charge in [-0.3, -0.25) is 9.59 Å². The number of amides is 1. The third-order valence-corrected chi connectivity index (χ3v) is 5.41. The fourth-order valence-corrected chi connectivity index (χ4v) is 3.60. The molecule has 0 radical (unpaired) electrons. The van der Waals surface area contributed by atoms with Crippen LogP contribution in [0.5, 0.6) is 5.75 Å². The summed E-state index contributed by atoms with van der Waals surface area (Å²) < 4.78 is 11.5. The molecule has 2 aromatic carbocycles. The molecule has 0 aliphatic heterocycles. The first-order valence-corrected chi connectivity index (χ1v) is 11.3. The van der Waals surface area contributed by atoms with Gasteiger partial charge in [0.15, 0.2) is 0 Å². The van der Waals surface area contributed by atoms with Crippen LogP contribution in [0.25, 0.3) is 11.3 Å². The minimum atomic E-state index is -0.769. The molecule has 0 aliphatic rings. The number of carbonyl (C=O) groups is 2. The summed E-state index contributed by atoms with van der Waals surface area (Å²) in [5.41, 5.74) is 2.41. The number of furan rings is 1. The molecule has 1 aromatic heterocycles. The van der Waals surface area contributed by atoms with E-state index in [4.69, 9.17) is 14.3 Å². The highest BCUT2D eigenvalue weighted by molar-refractivity contribution is 5.95. The minimum absolute atomic E-state index is 0.00570. The van der Waals surface area contributed by atoms with Gasteiger partial charge in [0.2, 0.25) is 0 Å². The van der Waals surface area contributed by atoms with Crippen molar-refractivity contribution in [3.8, 4) is 17.1 Å². The lowest BCUT2D eigenvalue weighted by atomic mass is 10.1. The van der Waals surface area contributed by atoms with Crippen molar-refractivity contribution in [2.45, 2.75) is 52.1 Å². The molecule has 0 spiro atoms. The van der Waals surface area contributed by atoms with E-state index < -0.39 is 5.97 Å². The Hall–Kier alpha value is -3.54. The summed E-state index contributed by atoms with van der Waals surface area (Å²) >= 11 is 0. The Morgan fingerprint density at radius 3 is 2.55 bits per heavy atom. The molecule has 6 nitrogen and oxygen atoms in total. The molecule has 0 aliphatic carbocycles. The molecule has 0 saturated carbocycles. The first-order valence-electron chi connectivity index (χ1n) is 11.3. The van der Waals surface area contributed by atoms with Gasteiger partial charge in [0.05, 0.1) is 12.9 Å². The van der Waals surface area contributed by atoms with Gasteiger partial charge in [-0.25, -0.2) is 0 Å². The van der Waals surface area contributed by atoms with Crippen LogP contribution in [0.4, 0.5) is 0 Å². The summed E-state index contributed by atoms with van der Waals surface area (Å²) in [6.45, 7) is 4.94. The predicted molar refractivity (Wildman–Crippen MR) is 127 cm³/mol. The lowest BCUT2D eigenvalue weighted by molar-refractivity contribution is -0.137. The molecule has 1 N–H and O–H groups in total. The van der Waals surface area contributed by atoms with Gasteiger partial charge < -0.3 is 19.2 Å². The topological polar surface area (TPSA) is 80.0 Å². The number of carboxylic acids is 1. The maximum atomic E-state index is 13.4. The fourth-order valence-electron chi connectivity index (χ4n) is 3.60. The standard InChI is InChI=1S/C27H31NO5/c1-20(2)28(27(31)22-12-8-11-21(18-22)24-14-9-17-33-24)19-23-10-5-6-13-25(23)32-16-7-3-4-15-26(29)30/h5-6,8-14,17-18,20H,3-4,7,15-16,19H2,1-2H3,(H,29,30). The summed E-state index contributed by atoms with van der Waals surface area (Å²) in [7, 11) is 0. The quantitative estimate of drug-likeness (QED) is 0.342. The second-order valence-electron chi connectivity index (χ2n) is 8.25. The smallest absolute Gasteiger partial charge is 0.303 e. The molecule has 1 heterocycles. The van der Waals surface area contributed by atoms with Gasteiger partial charge in [0, 0.05) is 35.7 Å². The highest BCUT2D eigenvalue weighted by Crippen LogP contribution is 2.25. The molecule has 0 unspecified atom stereocenters. The number of carboxylic acid groups (broad SMARTS) is 1. The highest BCUT2D eigenvalue weighted by Gasteiger charge is 2.21. The van der Waals surface area contributed by atoms with Crippen LogP contribution in [0.2, 0.25) is 0 Å². The van der Waals surface area contributed by atoms with E-state index in [1.165, 1.54) is 0 Å². The predicted octanol–water partition coefficient (Wildman–Crippen LogP) is 6.02. The zero-order valence-electron chi connectivity index (χ0n) is 19.2. The Morgan fingerprint density at radius 1 is 1.00 bits per heavy atom. The number of unbranched alkanes of at least 4 members (excludes halogenated alkanes) is 2. The Labute approximate surface area is 194 Å². The van der Waals surface area contributed by atoms with E-state index in [9.17, 15) is 9.59 Å². The number of nitrogens with zero attached hydrogens (tertiary/aromatic N) is 1. The third-order valence-electron chi connectivity index (χ3n) is 5.41. The number of hydrogen-bond donors (Lipinski definition) is 1. The van der Waals surface area contributed by atoms with Crippen LogP contribution in [-0.4, -0.2) is 34.5 Å². The summed E-state index contributed by atoms with van der Waals surface area (Å²) in [4.78, 5) is 25.9. The second kappa shape index (κ2) is 11.9. The van der Waals surface area contributed by atoms with Gasteiger partial charge in [-0.15, -0.1) is 0 Å². The average molecular weight is 450 g/mol. The number of aliphatic carboxylic acids is 1. The van der Waals surface area contributed by atoms with Gasteiger partial charge in [-0.1, -0.05) is 30.3 Å². The molecule has 174 valence electrons. The first kappa shape index (κ1) is 24.1. The average Bonchev–Trinajstić information content (AvgIpc) is 3.35. The van der Waals surface area contributed by atoms with E-state index in [2.05, 4.69) is 0 Å². The van der Waals surface area contributed by atoms with Crippen molar-refractivity contribution in [3.63, 3.8) is 0 Å². The van der Waals surface area contributed by atoms with Crippen LogP contribution < -0.4 is 4.74 Å². The number of carbonyl (C=O) groups excluding carboxylic acids is 1. The van der Waals surface area contributed by atoms with Gasteiger partial charge in [0.25, 0.3) is 5.91 Å². The van der Waals surface area contributed by atoms with Gasteiger partial charge >= 0.3 is 5.97 Å². The highest BCUT2D eigenvalue weighted by atomic mass is 16.5. The Bertz CT molecular complexity index is 1040. The van der Waals surface area contributed by atoms with Crippen molar-refractivity contribution >= 4 is 11.9 Å². The zero-order chi connectivity index (χ0) is 23.6. The van der Waals surface area contributed by atoms with Gasteiger partial charge in [-0.05, 0) is 63.4 Å². The number of rotatable bonds is 12. The Kier molecular flexibility index (Phi) is 8.70. The van der Waals surface area contributed by atoms with Crippen molar-refractivity contribution < 1.29 is 23.8 Å².